The number of ether oxygens (including phenoxy) is 1. The van der Waals surface area contributed by atoms with Crippen LogP contribution >= 0.6 is 23.2 Å². The lowest BCUT2D eigenvalue weighted by atomic mass is 9.93. The summed E-state index contributed by atoms with van der Waals surface area (Å²) in [4.78, 5) is 24.9. The Labute approximate surface area is 216 Å². The molecule has 0 aliphatic carbocycles. The summed E-state index contributed by atoms with van der Waals surface area (Å²) in [6.07, 6.45) is 0.419. The quantitative estimate of drug-likeness (QED) is 0.357. The summed E-state index contributed by atoms with van der Waals surface area (Å²) < 4.78 is 7.09. The van der Waals surface area contributed by atoms with E-state index in [9.17, 15) is 9.59 Å². The molecule has 1 unspecified atom stereocenters. The van der Waals surface area contributed by atoms with Gasteiger partial charge in [-0.3, -0.25) is 4.79 Å². The fourth-order valence-corrected chi connectivity index (χ4v) is 4.11. The number of hydrogen-bond donors (Lipinski definition) is 1. The van der Waals surface area contributed by atoms with Gasteiger partial charge < -0.3 is 10.1 Å². The number of benzene rings is 2. The molecule has 0 radical (unpaired) electrons. The number of amides is 1. The van der Waals surface area contributed by atoms with E-state index in [0.717, 1.165) is 28.2 Å². The first-order chi connectivity index (χ1) is 16.4. The molecule has 35 heavy (non-hydrogen) atoms. The average Bonchev–Trinajstić information content (AvgIpc) is 3.15. The Morgan fingerprint density at radius 1 is 1.11 bits per heavy atom. The number of rotatable bonds is 8. The standard InChI is InChI=1S/C27H31Cl2N3O3/c1-17-13-23(32(31-17)22-8-6-7-21(28)15-22)11-12-25(33)18(2)19-9-10-20(24(29)14-19)16-30-26(34)35-27(3,4)5/h6-10,13-15,18H,11-12,16H2,1-5H3,(H,30,34). The highest BCUT2D eigenvalue weighted by Crippen LogP contribution is 2.26. The first kappa shape index (κ1) is 26.8. The predicted octanol–water partition coefficient (Wildman–Crippen LogP) is 6.82. The summed E-state index contributed by atoms with van der Waals surface area (Å²) in [5, 5.41) is 8.39. The number of carbonyl (C=O) groups is 2. The van der Waals surface area contributed by atoms with Gasteiger partial charge in [0.05, 0.1) is 11.4 Å². The zero-order valence-corrected chi connectivity index (χ0v) is 22.2. The Morgan fingerprint density at radius 2 is 1.86 bits per heavy atom. The molecular weight excluding hydrogens is 485 g/mol. The highest BCUT2D eigenvalue weighted by molar-refractivity contribution is 6.31. The van der Waals surface area contributed by atoms with Crippen molar-refractivity contribution in [1.82, 2.24) is 15.1 Å². The zero-order chi connectivity index (χ0) is 25.8. The van der Waals surface area contributed by atoms with Crippen molar-refractivity contribution in [1.29, 1.82) is 0 Å². The summed E-state index contributed by atoms with van der Waals surface area (Å²) in [5.41, 5.74) is 3.71. The van der Waals surface area contributed by atoms with Crippen LogP contribution in [0, 0.1) is 6.92 Å². The summed E-state index contributed by atoms with van der Waals surface area (Å²) in [6.45, 7) is 9.46. The van der Waals surface area contributed by atoms with E-state index in [-0.39, 0.29) is 18.2 Å². The predicted molar refractivity (Wildman–Crippen MR) is 140 cm³/mol. The Hall–Kier alpha value is -2.83. The second-order valence-corrected chi connectivity index (χ2v) is 10.4. The first-order valence-corrected chi connectivity index (χ1v) is 12.3. The van der Waals surface area contributed by atoms with E-state index in [1.807, 2.05) is 61.0 Å². The van der Waals surface area contributed by atoms with Gasteiger partial charge in [0.15, 0.2) is 0 Å². The van der Waals surface area contributed by atoms with E-state index in [2.05, 4.69) is 10.4 Å². The van der Waals surface area contributed by atoms with Crippen LogP contribution in [0.3, 0.4) is 0 Å². The van der Waals surface area contributed by atoms with Gasteiger partial charge in [0.25, 0.3) is 0 Å². The second-order valence-electron chi connectivity index (χ2n) is 9.56. The van der Waals surface area contributed by atoms with Crippen molar-refractivity contribution in [2.45, 2.75) is 65.5 Å². The minimum atomic E-state index is -0.571. The van der Waals surface area contributed by atoms with E-state index < -0.39 is 11.7 Å². The lowest BCUT2D eigenvalue weighted by molar-refractivity contribution is -0.120. The highest BCUT2D eigenvalue weighted by atomic mass is 35.5. The lowest BCUT2D eigenvalue weighted by Crippen LogP contribution is -2.32. The van der Waals surface area contributed by atoms with Crippen molar-refractivity contribution in [3.63, 3.8) is 0 Å². The van der Waals surface area contributed by atoms with Gasteiger partial charge in [-0.15, -0.1) is 0 Å². The number of Topliss-reactive ketones (excluding diaryl/α,β-unsaturated/α-hetero) is 1. The average molecular weight is 516 g/mol. The molecular formula is C27H31Cl2N3O3. The molecule has 1 N–H and O–H groups in total. The molecule has 6 nitrogen and oxygen atoms in total. The van der Waals surface area contributed by atoms with Crippen LogP contribution in [0.1, 0.15) is 62.5 Å². The van der Waals surface area contributed by atoms with Crippen LogP contribution < -0.4 is 5.32 Å². The number of aromatic nitrogens is 2. The number of carbonyl (C=O) groups excluding carboxylic acids is 2. The Balaban J connectivity index is 1.62. The van der Waals surface area contributed by atoms with Crippen molar-refractivity contribution in [3.05, 3.63) is 81.1 Å². The van der Waals surface area contributed by atoms with E-state index in [1.54, 1.807) is 26.8 Å². The van der Waals surface area contributed by atoms with Gasteiger partial charge in [-0.05, 0) is 75.6 Å². The molecule has 1 atom stereocenters. The third-order valence-corrected chi connectivity index (χ3v) is 6.05. The third kappa shape index (κ3) is 7.58. The fraction of sp³-hybridized carbons (Fsp3) is 0.370. The summed E-state index contributed by atoms with van der Waals surface area (Å²) >= 11 is 12.6. The molecule has 1 amide bonds. The van der Waals surface area contributed by atoms with Gasteiger partial charge >= 0.3 is 6.09 Å². The van der Waals surface area contributed by atoms with Gasteiger partial charge in [0.2, 0.25) is 0 Å². The molecule has 0 bridgehead atoms. The molecule has 3 aromatic rings. The maximum Gasteiger partial charge on any atom is 0.407 e. The van der Waals surface area contributed by atoms with Crippen molar-refractivity contribution in [2.24, 2.45) is 0 Å². The van der Waals surface area contributed by atoms with Crippen LogP contribution in [-0.2, 0) is 22.5 Å². The van der Waals surface area contributed by atoms with Crippen molar-refractivity contribution in [2.75, 3.05) is 0 Å². The Kier molecular flexibility index (Phi) is 8.62. The van der Waals surface area contributed by atoms with Crippen molar-refractivity contribution in [3.8, 4) is 5.69 Å². The number of aryl methyl sites for hydroxylation is 2. The lowest BCUT2D eigenvalue weighted by Gasteiger charge is -2.20. The maximum atomic E-state index is 13.0. The maximum absolute atomic E-state index is 13.0. The molecule has 0 saturated carbocycles. The van der Waals surface area contributed by atoms with E-state index in [4.69, 9.17) is 27.9 Å². The van der Waals surface area contributed by atoms with Gasteiger partial charge in [-0.2, -0.15) is 5.10 Å². The van der Waals surface area contributed by atoms with Crippen molar-refractivity contribution >= 4 is 35.1 Å². The Morgan fingerprint density at radius 3 is 2.51 bits per heavy atom. The number of hydrogen-bond acceptors (Lipinski definition) is 4. The molecule has 2 aromatic carbocycles. The molecule has 1 heterocycles. The van der Waals surface area contributed by atoms with Crippen LogP contribution in [0.25, 0.3) is 5.69 Å². The fourth-order valence-electron chi connectivity index (χ4n) is 3.67. The van der Waals surface area contributed by atoms with Crippen LogP contribution in [-0.4, -0.2) is 27.3 Å². The molecule has 8 heteroatoms. The van der Waals surface area contributed by atoms with Gasteiger partial charge in [-0.25, -0.2) is 9.48 Å². The molecule has 3 rings (SSSR count). The van der Waals surface area contributed by atoms with E-state index >= 15 is 0 Å². The van der Waals surface area contributed by atoms with Gasteiger partial charge in [0, 0.05) is 34.6 Å². The zero-order valence-electron chi connectivity index (χ0n) is 20.7. The van der Waals surface area contributed by atoms with Crippen LogP contribution in [0.2, 0.25) is 10.0 Å². The smallest absolute Gasteiger partial charge is 0.407 e. The number of alkyl carbamates (subject to hydrolysis) is 1. The minimum absolute atomic E-state index is 0.109. The molecule has 0 saturated heterocycles. The molecule has 0 aliphatic rings. The first-order valence-electron chi connectivity index (χ1n) is 11.5. The van der Waals surface area contributed by atoms with Crippen LogP contribution in [0.4, 0.5) is 4.79 Å². The summed E-state index contributed by atoms with van der Waals surface area (Å²) in [6, 6.07) is 15.0. The third-order valence-electron chi connectivity index (χ3n) is 5.47. The van der Waals surface area contributed by atoms with E-state index in [1.165, 1.54) is 0 Å². The Bertz CT molecular complexity index is 1210. The van der Waals surface area contributed by atoms with E-state index in [0.29, 0.717) is 22.9 Å². The summed E-state index contributed by atoms with van der Waals surface area (Å²) in [7, 11) is 0. The van der Waals surface area contributed by atoms with Gasteiger partial charge in [0.1, 0.15) is 11.4 Å². The largest absolute Gasteiger partial charge is 0.444 e. The number of halogens is 2. The molecule has 0 spiro atoms. The molecule has 186 valence electrons. The SMILES string of the molecule is Cc1cc(CCC(=O)C(C)c2ccc(CNC(=O)OC(C)(C)C)c(Cl)c2)n(-c2cccc(Cl)c2)n1. The topological polar surface area (TPSA) is 73.2 Å². The minimum Gasteiger partial charge on any atom is -0.444 e. The summed E-state index contributed by atoms with van der Waals surface area (Å²) in [5.74, 6) is -0.207. The van der Waals surface area contributed by atoms with Crippen molar-refractivity contribution < 1.29 is 14.3 Å². The molecule has 0 aliphatic heterocycles. The van der Waals surface area contributed by atoms with Gasteiger partial charge in [-0.1, -0.05) is 48.3 Å². The van der Waals surface area contributed by atoms with Crippen LogP contribution in [0.5, 0.6) is 0 Å². The number of ketones is 1. The van der Waals surface area contributed by atoms with Crippen LogP contribution in [0.15, 0.2) is 48.5 Å². The monoisotopic (exact) mass is 515 g/mol. The molecule has 1 aromatic heterocycles. The number of nitrogens with one attached hydrogen (secondary N) is 1. The molecule has 0 fully saturated rings. The second kappa shape index (κ2) is 11.3. The number of nitrogens with zero attached hydrogens (tertiary/aromatic N) is 2. The normalized spacial score (nSPS) is 12.3. The highest BCUT2D eigenvalue weighted by Gasteiger charge is 2.19.